The third-order valence-electron chi connectivity index (χ3n) is 0.712. The van der Waals surface area contributed by atoms with Crippen LogP contribution >= 0.6 is 0 Å². The molecule has 0 aliphatic rings. The normalized spacial score (nSPS) is 9.42. The molecular weight excluding hydrogens is 182 g/mol. The maximum absolute atomic E-state index is 9.85. The van der Waals surface area contributed by atoms with Gasteiger partial charge in [0.05, 0.1) is 6.42 Å². The lowest BCUT2D eigenvalue weighted by Gasteiger charge is -1.99. The molecule has 0 rings (SSSR count). The Hall–Kier alpha value is -0.414. The van der Waals surface area contributed by atoms with Gasteiger partial charge < -0.3 is 26.9 Å². The van der Waals surface area contributed by atoms with E-state index >= 15 is 0 Å². The van der Waals surface area contributed by atoms with Crippen LogP contribution in [0.2, 0.25) is 0 Å². The first kappa shape index (κ1) is 22.6. The molecule has 72 valence electrons. The van der Waals surface area contributed by atoms with E-state index in [1.807, 2.05) is 0 Å². The topological polar surface area (TPSA) is 164 Å². The molecule has 0 heterocycles. The fourth-order valence-electron chi connectivity index (χ4n) is 0.275. The number of hydrogen-bond acceptors (Lipinski definition) is 3. The van der Waals surface area contributed by atoms with Crippen LogP contribution < -0.4 is 5.73 Å². The summed E-state index contributed by atoms with van der Waals surface area (Å²) in [6.45, 7) is 0. The maximum atomic E-state index is 9.85. The Balaban J connectivity index is -0.000000107. The molecule has 0 aromatic heterocycles. The molecule has 0 saturated heterocycles. The second-order valence-corrected chi connectivity index (χ2v) is 1.54. The molecule has 0 aromatic rings. The van der Waals surface area contributed by atoms with Crippen molar-refractivity contribution in [1.82, 2.24) is 0 Å². The predicted octanol–water partition coefficient (Wildman–Crippen LogP) is -3.69. The van der Waals surface area contributed by atoms with Crippen LogP contribution in [-0.2, 0) is 9.59 Å². The van der Waals surface area contributed by atoms with Crippen LogP contribution in [-0.4, -0.2) is 62.2 Å². The van der Waals surface area contributed by atoms with Gasteiger partial charge in [0.1, 0.15) is 6.04 Å². The highest BCUT2D eigenvalue weighted by molar-refractivity contribution is 5.80. The van der Waals surface area contributed by atoms with Gasteiger partial charge in [0.2, 0.25) is 0 Å². The fraction of sp³-hybridized carbons (Fsp3) is 0.500. The molecule has 0 saturated carbocycles. The van der Waals surface area contributed by atoms with Gasteiger partial charge in [-0.15, -0.1) is 0 Å². The van der Waals surface area contributed by atoms with E-state index in [-0.39, 0.29) is 34.0 Å². The monoisotopic (exact) mass is 195 g/mol. The number of aliphatic carboxylic acids is 2. The van der Waals surface area contributed by atoms with Gasteiger partial charge in [-0.25, -0.2) is 0 Å². The molecule has 12 heavy (non-hydrogen) atoms. The average molecular weight is 195 g/mol. The Morgan fingerprint density at radius 3 is 1.67 bits per heavy atom. The minimum Gasteiger partial charge on any atom is -0.481 e. The van der Waals surface area contributed by atoms with Gasteiger partial charge in [-0.3, -0.25) is 9.59 Å². The van der Waals surface area contributed by atoms with E-state index < -0.39 is 24.4 Å². The minimum absolute atomic E-state index is 0. The van der Waals surface area contributed by atoms with Crippen molar-refractivity contribution >= 4 is 35.0 Å². The van der Waals surface area contributed by atoms with E-state index in [1.54, 1.807) is 0 Å². The summed E-state index contributed by atoms with van der Waals surface area (Å²) >= 11 is 0. The van der Waals surface area contributed by atoms with Gasteiger partial charge in [-0.05, 0) is 0 Å². The van der Waals surface area contributed by atoms with Gasteiger partial charge in [-0.2, -0.15) is 0 Å². The van der Waals surface area contributed by atoms with Crippen molar-refractivity contribution in [2.24, 2.45) is 5.73 Å². The molecule has 1 unspecified atom stereocenters. The first-order valence-corrected chi connectivity index (χ1v) is 2.24. The number of hydrogen-bond donors (Lipinski definition) is 3. The third kappa shape index (κ3) is 12.3. The molecule has 0 amide bonds. The smallest absolute Gasteiger partial charge is 0.321 e. The van der Waals surface area contributed by atoms with E-state index in [0.717, 1.165) is 0 Å². The Morgan fingerprint density at radius 1 is 1.25 bits per heavy atom. The number of carbonyl (C=O) groups is 2. The van der Waals surface area contributed by atoms with E-state index in [9.17, 15) is 9.59 Å². The zero-order valence-electron chi connectivity index (χ0n) is 5.57. The van der Waals surface area contributed by atoms with Crippen LogP contribution in [0.5, 0.6) is 0 Å². The maximum Gasteiger partial charge on any atom is 0.321 e. The summed E-state index contributed by atoms with van der Waals surface area (Å²) in [4.78, 5) is 19.6. The lowest BCUT2D eigenvalue weighted by Crippen LogP contribution is -2.32. The minimum atomic E-state index is -1.29. The molecule has 8 N–H and O–H groups in total. The first-order chi connectivity index (χ1) is 4.04. The van der Waals surface area contributed by atoms with Gasteiger partial charge in [-0.1, -0.05) is 0 Å². The fourth-order valence-corrected chi connectivity index (χ4v) is 0.275. The van der Waals surface area contributed by atoms with Crippen molar-refractivity contribution in [3.05, 3.63) is 0 Å². The highest BCUT2D eigenvalue weighted by atomic mass is 24.3. The van der Waals surface area contributed by atoms with Crippen molar-refractivity contribution in [3.8, 4) is 0 Å². The van der Waals surface area contributed by atoms with Gasteiger partial charge >= 0.3 is 35.0 Å². The summed E-state index contributed by atoms with van der Waals surface area (Å²) in [5.74, 6) is -2.50. The highest BCUT2D eigenvalue weighted by Gasteiger charge is 2.14. The van der Waals surface area contributed by atoms with Gasteiger partial charge in [0, 0.05) is 0 Å². The van der Waals surface area contributed by atoms with Crippen LogP contribution in [0.15, 0.2) is 0 Å². The Bertz CT molecular complexity index is 140. The van der Waals surface area contributed by atoms with Crippen LogP contribution in [0.25, 0.3) is 0 Å². The molecule has 0 aliphatic carbocycles. The SMILES string of the molecule is NC(CC(=O)O)C(=O)O.O.O.[MgH2]. The molecule has 8 heteroatoms. The molecule has 0 aromatic carbocycles. The molecular formula is C4H13MgNO6. The van der Waals surface area contributed by atoms with E-state index in [4.69, 9.17) is 15.9 Å². The Morgan fingerprint density at radius 2 is 1.58 bits per heavy atom. The van der Waals surface area contributed by atoms with E-state index in [1.165, 1.54) is 0 Å². The van der Waals surface area contributed by atoms with Crippen molar-refractivity contribution in [3.63, 3.8) is 0 Å². The molecule has 0 spiro atoms. The highest BCUT2D eigenvalue weighted by Crippen LogP contribution is 1.86. The lowest BCUT2D eigenvalue weighted by molar-refractivity contribution is -0.144. The predicted molar refractivity (Wildman–Crippen MR) is 43.6 cm³/mol. The summed E-state index contributed by atoms with van der Waals surface area (Å²) in [7, 11) is 0. The molecule has 0 bridgehead atoms. The molecule has 0 fully saturated rings. The standard InChI is InChI=1S/C4H7NO4.Mg.2H2O.2H/c5-2(4(8)9)1-3(6)7;;;;;/h2H,1,5H2,(H,6,7)(H,8,9);;2*1H2;;. The van der Waals surface area contributed by atoms with Crippen molar-refractivity contribution in [2.45, 2.75) is 12.5 Å². The number of rotatable bonds is 3. The molecule has 0 radical (unpaired) electrons. The largest absolute Gasteiger partial charge is 0.481 e. The number of carboxylic acid groups (broad SMARTS) is 2. The number of carboxylic acids is 2. The second-order valence-electron chi connectivity index (χ2n) is 1.54. The zero-order valence-corrected chi connectivity index (χ0v) is 5.57. The van der Waals surface area contributed by atoms with Crippen LogP contribution in [0, 0.1) is 0 Å². The summed E-state index contributed by atoms with van der Waals surface area (Å²) in [6, 6.07) is -1.29. The second kappa shape index (κ2) is 10.6. The summed E-state index contributed by atoms with van der Waals surface area (Å²) in [5.41, 5.74) is 4.84. The quantitative estimate of drug-likeness (QED) is 0.394. The lowest BCUT2D eigenvalue weighted by atomic mass is 10.2. The van der Waals surface area contributed by atoms with Crippen LogP contribution in [0.4, 0.5) is 0 Å². The summed E-state index contributed by atoms with van der Waals surface area (Å²) < 4.78 is 0. The Kier molecular flexibility index (Phi) is 19.9. The third-order valence-corrected chi connectivity index (χ3v) is 0.712. The van der Waals surface area contributed by atoms with Crippen molar-refractivity contribution < 1.29 is 30.8 Å². The van der Waals surface area contributed by atoms with Crippen LogP contribution in [0.1, 0.15) is 6.42 Å². The van der Waals surface area contributed by atoms with E-state index in [0.29, 0.717) is 0 Å². The summed E-state index contributed by atoms with van der Waals surface area (Å²) in [6.07, 6.45) is -0.532. The first-order valence-electron chi connectivity index (χ1n) is 2.24. The average Bonchev–Trinajstić information content (AvgIpc) is 1.63. The van der Waals surface area contributed by atoms with Gasteiger partial charge in [0.15, 0.2) is 0 Å². The Labute approximate surface area is 84.3 Å². The van der Waals surface area contributed by atoms with E-state index in [2.05, 4.69) is 0 Å². The van der Waals surface area contributed by atoms with Crippen molar-refractivity contribution in [1.29, 1.82) is 0 Å². The molecule has 7 nitrogen and oxygen atoms in total. The molecule has 0 aliphatic heterocycles. The number of nitrogens with two attached hydrogens (primary N) is 1. The zero-order chi connectivity index (χ0) is 7.44. The van der Waals surface area contributed by atoms with Crippen molar-refractivity contribution in [2.75, 3.05) is 0 Å². The van der Waals surface area contributed by atoms with Crippen LogP contribution in [0.3, 0.4) is 0 Å². The molecule has 1 atom stereocenters. The summed E-state index contributed by atoms with van der Waals surface area (Å²) in [5, 5.41) is 16.0. The van der Waals surface area contributed by atoms with Gasteiger partial charge in [0.25, 0.3) is 0 Å².